The van der Waals surface area contributed by atoms with E-state index in [1.807, 2.05) is 47.4 Å². The lowest BCUT2D eigenvalue weighted by molar-refractivity contribution is 0.0357. The van der Waals surface area contributed by atoms with Crippen LogP contribution in [-0.2, 0) is 4.74 Å². The maximum atomic E-state index is 12.8. The standard InChI is InChI=1S/C27H33N5O4/c1-34-24-19-23-22(18-25(24)36-15-5-8-30-13-16-35-17-14-30)26(29-20-28-23)31-9-11-32(12-10-31)27(33)21-6-3-2-4-7-21/h2-4,6-7,18-20H,5,8-17H2,1H3. The van der Waals surface area contributed by atoms with Gasteiger partial charge in [0, 0.05) is 62.8 Å². The fourth-order valence-corrected chi connectivity index (χ4v) is 4.75. The average molecular weight is 492 g/mol. The van der Waals surface area contributed by atoms with Crippen molar-refractivity contribution in [2.75, 3.05) is 77.6 Å². The molecule has 0 saturated carbocycles. The van der Waals surface area contributed by atoms with Crippen LogP contribution in [-0.4, -0.2) is 98.4 Å². The minimum absolute atomic E-state index is 0.0697. The first kappa shape index (κ1) is 24.3. The van der Waals surface area contributed by atoms with Gasteiger partial charge in [-0.2, -0.15) is 0 Å². The monoisotopic (exact) mass is 491 g/mol. The first-order valence-electron chi connectivity index (χ1n) is 12.6. The number of ether oxygens (including phenoxy) is 3. The molecule has 0 atom stereocenters. The molecule has 2 aliphatic heterocycles. The highest BCUT2D eigenvalue weighted by molar-refractivity contribution is 5.95. The lowest BCUT2D eigenvalue weighted by Crippen LogP contribution is -2.49. The van der Waals surface area contributed by atoms with Crippen LogP contribution < -0.4 is 14.4 Å². The number of aromatic nitrogens is 2. The van der Waals surface area contributed by atoms with E-state index in [1.165, 1.54) is 0 Å². The van der Waals surface area contributed by atoms with Crippen LogP contribution in [0, 0.1) is 0 Å². The van der Waals surface area contributed by atoms with Gasteiger partial charge in [-0.05, 0) is 24.6 Å². The van der Waals surface area contributed by atoms with Gasteiger partial charge < -0.3 is 24.0 Å². The smallest absolute Gasteiger partial charge is 0.253 e. The van der Waals surface area contributed by atoms with Gasteiger partial charge in [0.1, 0.15) is 12.1 Å². The van der Waals surface area contributed by atoms with Crippen molar-refractivity contribution in [1.29, 1.82) is 0 Å². The normalized spacial score (nSPS) is 16.8. The Labute approximate surface area is 211 Å². The average Bonchev–Trinajstić information content (AvgIpc) is 2.95. The van der Waals surface area contributed by atoms with E-state index in [-0.39, 0.29) is 5.91 Å². The van der Waals surface area contributed by atoms with E-state index in [4.69, 9.17) is 14.2 Å². The minimum Gasteiger partial charge on any atom is -0.493 e. The van der Waals surface area contributed by atoms with E-state index in [9.17, 15) is 4.79 Å². The Bertz CT molecular complexity index is 1160. The predicted molar refractivity (Wildman–Crippen MR) is 138 cm³/mol. The third-order valence-corrected chi connectivity index (χ3v) is 6.77. The van der Waals surface area contributed by atoms with Crippen molar-refractivity contribution < 1.29 is 19.0 Å². The molecule has 0 unspecified atom stereocenters. The van der Waals surface area contributed by atoms with E-state index >= 15 is 0 Å². The van der Waals surface area contributed by atoms with Crippen LogP contribution >= 0.6 is 0 Å². The van der Waals surface area contributed by atoms with Crippen molar-refractivity contribution in [3.63, 3.8) is 0 Å². The highest BCUT2D eigenvalue weighted by atomic mass is 16.5. The second-order valence-electron chi connectivity index (χ2n) is 9.02. The van der Waals surface area contributed by atoms with E-state index < -0.39 is 0 Å². The van der Waals surface area contributed by atoms with Crippen molar-refractivity contribution in [1.82, 2.24) is 19.8 Å². The number of nitrogens with zero attached hydrogens (tertiary/aromatic N) is 5. The Balaban J connectivity index is 1.26. The van der Waals surface area contributed by atoms with Crippen molar-refractivity contribution in [2.45, 2.75) is 6.42 Å². The van der Waals surface area contributed by atoms with Gasteiger partial charge in [0.15, 0.2) is 11.5 Å². The van der Waals surface area contributed by atoms with Crippen molar-refractivity contribution in [3.05, 3.63) is 54.4 Å². The fraction of sp³-hybridized carbons (Fsp3) is 0.444. The number of hydrogen-bond acceptors (Lipinski definition) is 8. The van der Waals surface area contributed by atoms with E-state index in [0.29, 0.717) is 44.3 Å². The molecule has 5 rings (SSSR count). The Morgan fingerprint density at radius 1 is 0.972 bits per heavy atom. The third-order valence-electron chi connectivity index (χ3n) is 6.77. The zero-order valence-electron chi connectivity index (χ0n) is 20.8. The second-order valence-corrected chi connectivity index (χ2v) is 9.02. The van der Waals surface area contributed by atoms with Crippen LogP contribution in [0.1, 0.15) is 16.8 Å². The Kier molecular flexibility index (Phi) is 7.78. The van der Waals surface area contributed by atoms with Gasteiger partial charge >= 0.3 is 0 Å². The number of methoxy groups -OCH3 is 1. The molecule has 2 fully saturated rings. The fourth-order valence-electron chi connectivity index (χ4n) is 4.75. The van der Waals surface area contributed by atoms with E-state index in [1.54, 1.807) is 13.4 Å². The van der Waals surface area contributed by atoms with Crippen LogP contribution in [0.2, 0.25) is 0 Å². The second kappa shape index (κ2) is 11.5. The Hall–Kier alpha value is -3.43. The third kappa shape index (κ3) is 5.52. The molecule has 0 spiro atoms. The zero-order valence-corrected chi connectivity index (χ0v) is 20.8. The molecular formula is C27H33N5O4. The largest absolute Gasteiger partial charge is 0.493 e. The van der Waals surface area contributed by atoms with E-state index in [2.05, 4.69) is 19.8 Å². The van der Waals surface area contributed by atoms with Crippen molar-refractivity contribution in [2.24, 2.45) is 0 Å². The Morgan fingerprint density at radius 3 is 2.50 bits per heavy atom. The van der Waals surface area contributed by atoms with Crippen molar-refractivity contribution >= 4 is 22.6 Å². The summed E-state index contributed by atoms with van der Waals surface area (Å²) < 4.78 is 17.2. The number of benzene rings is 2. The summed E-state index contributed by atoms with van der Waals surface area (Å²) in [4.78, 5) is 28.4. The number of hydrogen-bond donors (Lipinski definition) is 0. The first-order valence-corrected chi connectivity index (χ1v) is 12.6. The maximum Gasteiger partial charge on any atom is 0.253 e. The number of morpholine rings is 1. The number of carbonyl (C=O) groups is 1. The van der Waals surface area contributed by atoms with Crippen LogP contribution in [0.3, 0.4) is 0 Å². The molecule has 3 heterocycles. The molecule has 9 nitrogen and oxygen atoms in total. The molecular weight excluding hydrogens is 458 g/mol. The highest BCUT2D eigenvalue weighted by Crippen LogP contribution is 2.35. The van der Waals surface area contributed by atoms with Gasteiger partial charge in [0.2, 0.25) is 0 Å². The number of carbonyl (C=O) groups excluding carboxylic acids is 1. The van der Waals surface area contributed by atoms with Gasteiger partial charge in [0.25, 0.3) is 5.91 Å². The lowest BCUT2D eigenvalue weighted by atomic mass is 10.1. The molecule has 2 aromatic carbocycles. The van der Waals surface area contributed by atoms with Crippen molar-refractivity contribution in [3.8, 4) is 11.5 Å². The van der Waals surface area contributed by atoms with Gasteiger partial charge in [-0.25, -0.2) is 9.97 Å². The van der Waals surface area contributed by atoms with E-state index in [0.717, 1.165) is 61.6 Å². The topological polar surface area (TPSA) is 80.3 Å². The number of fused-ring (bicyclic) bond motifs is 1. The number of rotatable bonds is 8. The molecule has 0 aliphatic carbocycles. The summed E-state index contributed by atoms with van der Waals surface area (Å²) in [6.07, 6.45) is 2.51. The zero-order chi connectivity index (χ0) is 24.7. The molecule has 2 aliphatic rings. The van der Waals surface area contributed by atoms with Crippen LogP contribution in [0.5, 0.6) is 11.5 Å². The maximum absolute atomic E-state index is 12.8. The van der Waals surface area contributed by atoms with Gasteiger partial charge in [0.05, 0.1) is 32.4 Å². The number of anilines is 1. The quantitative estimate of drug-likeness (QED) is 0.445. The molecule has 2 saturated heterocycles. The summed E-state index contributed by atoms with van der Waals surface area (Å²) in [6, 6.07) is 13.3. The van der Waals surface area contributed by atoms with Crippen LogP contribution in [0.4, 0.5) is 5.82 Å². The Morgan fingerprint density at radius 2 is 1.75 bits per heavy atom. The summed E-state index contributed by atoms with van der Waals surface area (Å²) in [5, 5.41) is 0.921. The molecule has 36 heavy (non-hydrogen) atoms. The summed E-state index contributed by atoms with van der Waals surface area (Å²) in [7, 11) is 1.65. The summed E-state index contributed by atoms with van der Waals surface area (Å²) in [6.45, 7) is 7.82. The lowest BCUT2D eigenvalue weighted by Gasteiger charge is -2.35. The molecule has 0 radical (unpaired) electrons. The summed E-state index contributed by atoms with van der Waals surface area (Å²) in [5.41, 5.74) is 1.53. The molecule has 0 N–H and O–H groups in total. The predicted octanol–water partition coefficient (Wildman–Crippen LogP) is 2.70. The van der Waals surface area contributed by atoms with Crippen LogP contribution in [0.15, 0.2) is 48.8 Å². The minimum atomic E-state index is 0.0697. The number of amides is 1. The highest BCUT2D eigenvalue weighted by Gasteiger charge is 2.24. The molecule has 3 aromatic rings. The first-order chi connectivity index (χ1) is 17.7. The summed E-state index contributed by atoms with van der Waals surface area (Å²) >= 11 is 0. The summed E-state index contributed by atoms with van der Waals surface area (Å²) in [5.74, 6) is 2.28. The molecule has 1 aromatic heterocycles. The van der Waals surface area contributed by atoms with Gasteiger partial charge in [-0.15, -0.1) is 0 Å². The molecule has 190 valence electrons. The molecule has 9 heteroatoms. The van der Waals surface area contributed by atoms with Crippen LogP contribution in [0.25, 0.3) is 10.9 Å². The van der Waals surface area contributed by atoms with Gasteiger partial charge in [-0.3, -0.25) is 9.69 Å². The molecule has 0 bridgehead atoms. The SMILES string of the molecule is COc1cc2ncnc(N3CCN(C(=O)c4ccccc4)CC3)c2cc1OCCCN1CCOCC1. The number of piperazine rings is 1. The van der Waals surface area contributed by atoms with Gasteiger partial charge in [-0.1, -0.05) is 18.2 Å². The molecule has 1 amide bonds.